The van der Waals surface area contributed by atoms with Gasteiger partial charge in [-0.15, -0.1) is 0 Å². The van der Waals surface area contributed by atoms with E-state index in [1.54, 1.807) is 7.11 Å². The Bertz CT molecular complexity index is 1140. The van der Waals surface area contributed by atoms with E-state index in [1.807, 2.05) is 0 Å². The van der Waals surface area contributed by atoms with Gasteiger partial charge in [-0.1, -0.05) is 23.7 Å². The number of hydrogen-bond donors (Lipinski definition) is 1. The number of Topliss-reactive ketones (excluding diaryl/α,β-unsaturated/α-hetero) is 1. The third-order valence-electron chi connectivity index (χ3n) is 3.86. The molecule has 31 heavy (non-hydrogen) atoms. The molecule has 2 N–H and O–H groups in total. The molecule has 1 aromatic heterocycles. The molecule has 0 fully saturated rings. The summed E-state index contributed by atoms with van der Waals surface area (Å²) < 4.78 is 64.3. The van der Waals surface area contributed by atoms with E-state index < -0.39 is 41.2 Å². The average Bonchev–Trinajstić information content (AvgIpc) is 2.70. The summed E-state index contributed by atoms with van der Waals surface area (Å²) in [5.41, 5.74) is -0.0728. The minimum absolute atomic E-state index is 0.0177. The summed E-state index contributed by atoms with van der Waals surface area (Å²) in [5, 5.41) is 5.06. The van der Waals surface area contributed by atoms with Gasteiger partial charge in [0.05, 0.1) is 24.7 Å². The largest absolute Gasteiger partial charge is 0.488 e. The van der Waals surface area contributed by atoms with Crippen LogP contribution >= 0.6 is 11.6 Å². The number of pyridine rings is 1. The van der Waals surface area contributed by atoms with Crippen LogP contribution in [-0.2, 0) is 29.3 Å². The number of methoxy groups -OCH3 is 1. The van der Waals surface area contributed by atoms with Crippen molar-refractivity contribution in [3.63, 3.8) is 0 Å². The van der Waals surface area contributed by atoms with Crippen molar-refractivity contribution in [3.05, 3.63) is 47.2 Å². The molecule has 0 saturated carbocycles. The molecule has 0 atom stereocenters. The number of carbonyl (C=O) groups is 1. The summed E-state index contributed by atoms with van der Waals surface area (Å²) in [4.78, 5) is 15.3. The summed E-state index contributed by atoms with van der Waals surface area (Å²) in [6.45, 7) is 1.15. The maximum atomic E-state index is 12.7. The van der Waals surface area contributed by atoms with Crippen LogP contribution in [0.25, 0.3) is 0 Å². The van der Waals surface area contributed by atoms with E-state index in [1.165, 1.54) is 18.2 Å². The van der Waals surface area contributed by atoms with Gasteiger partial charge in [-0.2, -0.15) is 0 Å². The number of halogens is 1. The molecule has 10 nitrogen and oxygen atoms in total. The van der Waals surface area contributed by atoms with E-state index in [0.29, 0.717) is 13.2 Å². The van der Waals surface area contributed by atoms with E-state index in [2.05, 4.69) is 4.98 Å². The predicted octanol–water partition coefficient (Wildman–Crippen LogP) is 1.08. The fourth-order valence-electron chi connectivity index (χ4n) is 2.41. The van der Waals surface area contributed by atoms with Crippen molar-refractivity contribution in [1.29, 1.82) is 0 Å². The highest BCUT2D eigenvalue weighted by Gasteiger charge is 2.27. The molecule has 0 saturated heterocycles. The second kappa shape index (κ2) is 11.0. The van der Waals surface area contributed by atoms with Crippen LogP contribution in [0, 0.1) is 0 Å². The zero-order valence-corrected chi connectivity index (χ0v) is 18.9. The van der Waals surface area contributed by atoms with Crippen molar-refractivity contribution >= 4 is 37.2 Å². The Hall–Kier alpha value is -2.09. The lowest BCUT2D eigenvalue weighted by molar-refractivity contribution is 0.0544. The zero-order valence-electron chi connectivity index (χ0n) is 16.5. The Morgan fingerprint density at radius 1 is 1.06 bits per heavy atom. The number of nitrogens with two attached hydrogens (primary N) is 1. The molecule has 0 unspecified atom stereocenters. The first-order chi connectivity index (χ1) is 14.6. The average molecular weight is 493 g/mol. The number of carbonyl (C=O) groups excluding carboxylic acids is 1. The van der Waals surface area contributed by atoms with Gasteiger partial charge >= 0.3 is 0 Å². The van der Waals surface area contributed by atoms with Crippen molar-refractivity contribution < 1.29 is 35.8 Å². The molecule has 0 bridgehead atoms. The number of sulfone groups is 1. The van der Waals surface area contributed by atoms with Crippen molar-refractivity contribution in [2.75, 3.05) is 39.3 Å². The zero-order chi connectivity index (χ0) is 23.1. The topological polar surface area (TPSA) is 152 Å². The van der Waals surface area contributed by atoms with E-state index in [9.17, 15) is 21.6 Å². The molecule has 0 amide bonds. The van der Waals surface area contributed by atoms with Crippen LogP contribution in [0.15, 0.2) is 46.3 Å². The lowest BCUT2D eigenvalue weighted by atomic mass is 10.2. The van der Waals surface area contributed by atoms with E-state index in [0.717, 1.165) is 18.3 Å². The number of aromatic nitrogens is 1. The van der Waals surface area contributed by atoms with Crippen LogP contribution in [0.5, 0.6) is 5.75 Å². The summed E-state index contributed by atoms with van der Waals surface area (Å²) in [6, 6.07) is 6.04. The maximum absolute atomic E-state index is 12.7. The van der Waals surface area contributed by atoms with E-state index in [4.69, 9.17) is 31.0 Å². The van der Waals surface area contributed by atoms with Crippen LogP contribution < -0.4 is 9.88 Å². The molecule has 0 aliphatic carbocycles. The fraction of sp³-hybridized carbons (Fsp3) is 0.333. The Labute approximate surface area is 185 Å². The molecule has 1 heterocycles. The molecule has 1 aromatic carbocycles. The molecule has 2 rings (SSSR count). The van der Waals surface area contributed by atoms with E-state index >= 15 is 0 Å². The van der Waals surface area contributed by atoms with Gasteiger partial charge in [0.2, 0.25) is 10.0 Å². The highest BCUT2D eigenvalue weighted by atomic mass is 35.5. The van der Waals surface area contributed by atoms with Crippen LogP contribution in [-0.4, -0.2) is 66.9 Å². The number of sulfonamides is 1. The second-order valence-electron chi connectivity index (χ2n) is 6.14. The normalized spacial score (nSPS) is 12.0. The number of hydrogen-bond acceptors (Lipinski definition) is 9. The quantitative estimate of drug-likeness (QED) is 0.260. The fourth-order valence-corrected chi connectivity index (χ4v) is 5.24. The van der Waals surface area contributed by atoms with Gasteiger partial charge in [0.1, 0.15) is 17.3 Å². The third kappa shape index (κ3) is 7.23. The number of rotatable bonds is 12. The van der Waals surface area contributed by atoms with Crippen LogP contribution in [0.4, 0.5) is 0 Å². The maximum Gasteiger partial charge on any atom is 0.239 e. The van der Waals surface area contributed by atoms with Gasteiger partial charge in [-0.05, 0) is 18.2 Å². The lowest BCUT2D eigenvalue weighted by Crippen LogP contribution is -2.21. The Kier molecular flexibility index (Phi) is 8.91. The molecular formula is C18H21ClN2O8S2. The number of benzene rings is 1. The van der Waals surface area contributed by atoms with Crippen LogP contribution in [0.1, 0.15) is 10.4 Å². The van der Waals surface area contributed by atoms with Crippen LogP contribution in [0.2, 0.25) is 5.15 Å². The third-order valence-corrected chi connectivity index (χ3v) is 6.91. The minimum atomic E-state index is -4.32. The molecule has 170 valence electrons. The standard InChI is InChI=1S/C18H21ClN2O8S2/c1-27-6-7-28-8-9-29-15-10-13(11-21-18(15)19)14(22)12-30(23,24)16-4-2-3-5-17(16)31(20,25)26/h2-5,10-11H,6-9,12H2,1H3,(H2,20,25,26). The Morgan fingerprint density at radius 2 is 1.71 bits per heavy atom. The van der Waals surface area contributed by atoms with Gasteiger partial charge in [0.15, 0.2) is 26.5 Å². The van der Waals surface area contributed by atoms with Crippen molar-refractivity contribution in [2.45, 2.75) is 9.79 Å². The van der Waals surface area contributed by atoms with Gasteiger partial charge in [-0.25, -0.2) is 27.0 Å². The van der Waals surface area contributed by atoms with E-state index in [-0.39, 0.29) is 29.7 Å². The van der Waals surface area contributed by atoms with Crippen molar-refractivity contribution in [1.82, 2.24) is 4.98 Å². The molecule has 0 spiro atoms. The smallest absolute Gasteiger partial charge is 0.239 e. The minimum Gasteiger partial charge on any atom is -0.488 e. The van der Waals surface area contributed by atoms with Gasteiger partial charge in [0.25, 0.3) is 0 Å². The Morgan fingerprint density at radius 3 is 2.35 bits per heavy atom. The number of primary sulfonamides is 1. The first-order valence-electron chi connectivity index (χ1n) is 8.79. The van der Waals surface area contributed by atoms with Gasteiger partial charge < -0.3 is 14.2 Å². The highest BCUT2D eigenvalue weighted by molar-refractivity contribution is 7.94. The summed E-state index contributed by atoms with van der Waals surface area (Å²) >= 11 is 5.96. The molecule has 0 aliphatic heterocycles. The Balaban J connectivity index is 2.15. The molecular weight excluding hydrogens is 472 g/mol. The van der Waals surface area contributed by atoms with Gasteiger partial charge in [-0.3, -0.25) is 4.79 Å². The monoisotopic (exact) mass is 492 g/mol. The molecule has 0 aliphatic rings. The first kappa shape index (κ1) is 25.2. The van der Waals surface area contributed by atoms with Crippen molar-refractivity contribution in [3.8, 4) is 5.75 Å². The molecule has 13 heteroatoms. The lowest BCUT2D eigenvalue weighted by Gasteiger charge is -2.11. The number of ether oxygens (including phenoxy) is 3. The predicted molar refractivity (Wildman–Crippen MR) is 112 cm³/mol. The summed E-state index contributed by atoms with van der Waals surface area (Å²) in [5.74, 6) is -1.75. The SMILES string of the molecule is COCCOCCOc1cc(C(=O)CS(=O)(=O)c2ccccc2S(N)(=O)=O)cnc1Cl. The summed E-state index contributed by atoms with van der Waals surface area (Å²) in [6.07, 6.45) is 1.10. The van der Waals surface area contributed by atoms with Crippen molar-refractivity contribution in [2.24, 2.45) is 5.14 Å². The first-order valence-corrected chi connectivity index (χ1v) is 12.4. The number of nitrogens with zero attached hydrogens (tertiary/aromatic N) is 1. The molecule has 2 aromatic rings. The van der Waals surface area contributed by atoms with Crippen LogP contribution in [0.3, 0.4) is 0 Å². The number of ketones is 1. The van der Waals surface area contributed by atoms with Gasteiger partial charge in [0, 0.05) is 18.9 Å². The second-order valence-corrected chi connectivity index (χ2v) is 9.99. The molecule has 0 radical (unpaired) electrons. The summed E-state index contributed by atoms with van der Waals surface area (Å²) in [7, 11) is -7.08. The highest BCUT2D eigenvalue weighted by Crippen LogP contribution is 2.25.